The van der Waals surface area contributed by atoms with Gasteiger partial charge in [0.25, 0.3) is 5.91 Å². The number of benzene rings is 2. The van der Waals surface area contributed by atoms with Crippen molar-refractivity contribution < 1.29 is 28.6 Å². The zero-order valence-corrected chi connectivity index (χ0v) is 18.8. The lowest BCUT2D eigenvalue weighted by atomic mass is 9.94. The molecule has 7 nitrogen and oxygen atoms in total. The maximum atomic E-state index is 13.4. The van der Waals surface area contributed by atoms with Crippen molar-refractivity contribution in [2.24, 2.45) is 0 Å². The third-order valence-electron chi connectivity index (χ3n) is 6.09. The molecule has 2 aromatic carbocycles. The third-order valence-corrected chi connectivity index (χ3v) is 6.09. The molecule has 0 bridgehead atoms. The van der Waals surface area contributed by atoms with Crippen LogP contribution in [0.3, 0.4) is 0 Å². The number of amides is 1. The minimum absolute atomic E-state index is 0.00536. The van der Waals surface area contributed by atoms with Crippen molar-refractivity contribution in [1.82, 2.24) is 4.90 Å². The fraction of sp³-hybridized carbons (Fsp3) is 0.259. The van der Waals surface area contributed by atoms with Crippen molar-refractivity contribution in [1.29, 1.82) is 0 Å². The van der Waals surface area contributed by atoms with Gasteiger partial charge in [-0.25, -0.2) is 0 Å². The number of hydrogen-bond donors (Lipinski definition) is 1. The predicted molar refractivity (Wildman–Crippen MR) is 124 cm³/mol. The highest BCUT2D eigenvalue weighted by atomic mass is 16.5. The van der Waals surface area contributed by atoms with Crippen LogP contribution in [0.1, 0.15) is 40.8 Å². The van der Waals surface area contributed by atoms with E-state index in [1.165, 1.54) is 4.90 Å². The summed E-state index contributed by atoms with van der Waals surface area (Å²) >= 11 is 0. The van der Waals surface area contributed by atoms with Gasteiger partial charge in [0.1, 0.15) is 17.3 Å². The Labute approximate surface area is 197 Å². The van der Waals surface area contributed by atoms with Crippen molar-refractivity contribution in [2.75, 3.05) is 13.2 Å². The second kappa shape index (κ2) is 9.19. The van der Waals surface area contributed by atoms with Gasteiger partial charge < -0.3 is 23.9 Å². The second-order valence-electron chi connectivity index (χ2n) is 8.48. The Morgan fingerprint density at radius 2 is 1.88 bits per heavy atom. The van der Waals surface area contributed by atoms with Gasteiger partial charge in [0, 0.05) is 13.2 Å². The highest BCUT2D eigenvalue weighted by molar-refractivity contribution is 6.15. The molecule has 2 aliphatic rings. The maximum absolute atomic E-state index is 13.4. The van der Waals surface area contributed by atoms with Gasteiger partial charge in [-0.05, 0) is 61.7 Å². The Balaban J connectivity index is 1.53. The quantitative estimate of drug-likeness (QED) is 0.492. The largest absolute Gasteiger partial charge is 0.503 e. The Morgan fingerprint density at radius 3 is 2.59 bits per heavy atom. The van der Waals surface area contributed by atoms with Crippen molar-refractivity contribution in [2.45, 2.75) is 31.9 Å². The molecule has 7 heteroatoms. The van der Waals surface area contributed by atoms with Gasteiger partial charge in [0.15, 0.2) is 11.5 Å². The first-order chi connectivity index (χ1) is 16.5. The number of ether oxygens (including phenoxy) is 2. The number of carbonyl (C=O) groups excluding carboxylic acids is 2. The molecule has 174 valence electrons. The molecule has 1 fully saturated rings. The normalized spacial score (nSPS) is 20.3. The summed E-state index contributed by atoms with van der Waals surface area (Å²) in [5.74, 6) is 0.191. The standard InChI is InChI=1S/C27H25NO6/c1-17-12-13-22(33-17)25(29)23-24(28(27(31)26(23)30)16-21-11-6-14-32-21)18-7-5-10-20(15-18)34-19-8-3-2-4-9-19/h2-5,7-10,12-13,15,21,24,30H,6,11,14,16H2,1H3/t21-,24-/m0/s1. The van der Waals surface area contributed by atoms with E-state index in [1.807, 2.05) is 36.4 Å². The number of rotatable bonds is 7. The van der Waals surface area contributed by atoms with E-state index in [2.05, 4.69) is 0 Å². The summed E-state index contributed by atoms with van der Waals surface area (Å²) in [4.78, 5) is 28.1. The molecule has 3 aromatic rings. The Hall–Kier alpha value is -3.84. The van der Waals surface area contributed by atoms with Crippen LogP contribution < -0.4 is 4.74 Å². The molecule has 3 heterocycles. The van der Waals surface area contributed by atoms with Crippen LogP contribution in [0.4, 0.5) is 0 Å². The second-order valence-corrected chi connectivity index (χ2v) is 8.48. The van der Waals surface area contributed by atoms with Gasteiger partial charge in [0.2, 0.25) is 5.78 Å². The minimum Gasteiger partial charge on any atom is -0.503 e. The molecule has 0 unspecified atom stereocenters. The Bertz CT molecular complexity index is 1240. The summed E-state index contributed by atoms with van der Waals surface area (Å²) in [5, 5.41) is 10.8. The average molecular weight is 459 g/mol. The van der Waals surface area contributed by atoms with Gasteiger partial charge in [-0.3, -0.25) is 9.59 Å². The van der Waals surface area contributed by atoms with E-state index in [-0.39, 0.29) is 24.0 Å². The van der Waals surface area contributed by atoms with Crippen molar-refractivity contribution in [3.05, 3.63) is 95.1 Å². The van der Waals surface area contributed by atoms with Crippen LogP contribution in [0, 0.1) is 6.92 Å². The fourth-order valence-electron chi connectivity index (χ4n) is 4.49. The van der Waals surface area contributed by atoms with Crippen LogP contribution in [0.2, 0.25) is 0 Å². The van der Waals surface area contributed by atoms with Crippen molar-refractivity contribution in [3.8, 4) is 11.5 Å². The summed E-state index contributed by atoms with van der Waals surface area (Å²) in [7, 11) is 0. The van der Waals surface area contributed by atoms with E-state index in [0.29, 0.717) is 29.4 Å². The number of ketones is 1. The average Bonchev–Trinajstić information content (AvgIpc) is 3.57. The van der Waals surface area contributed by atoms with Gasteiger partial charge in [0.05, 0.1) is 17.7 Å². The van der Waals surface area contributed by atoms with Gasteiger partial charge >= 0.3 is 0 Å². The lowest BCUT2D eigenvalue weighted by Crippen LogP contribution is -2.37. The van der Waals surface area contributed by atoms with E-state index < -0.39 is 23.5 Å². The van der Waals surface area contributed by atoms with E-state index in [0.717, 1.165) is 12.8 Å². The number of aryl methyl sites for hydroxylation is 1. The highest BCUT2D eigenvalue weighted by Crippen LogP contribution is 2.41. The number of para-hydroxylation sites is 1. The van der Waals surface area contributed by atoms with Crippen LogP contribution >= 0.6 is 0 Å². The molecule has 1 saturated heterocycles. The number of aliphatic hydroxyl groups is 1. The van der Waals surface area contributed by atoms with E-state index >= 15 is 0 Å². The van der Waals surface area contributed by atoms with E-state index in [1.54, 1.807) is 37.3 Å². The fourth-order valence-corrected chi connectivity index (χ4v) is 4.49. The predicted octanol–water partition coefficient (Wildman–Crippen LogP) is 5.14. The molecule has 0 spiro atoms. The summed E-state index contributed by atoms with van der Waals surface area (Å²) in [6.07, 6.45) is 1.58. The third kappa shape index (κ3) is 4.22. The number of nitrogens with zero attached hydrogens (tertiary/aromatic N) is 1. The lowest BCUT2D eigenvalue weighted by Gasteiger charge is -2.29. The molecule has 0 aliphatic carbocycles. The number of furan rings is 1. The molecule has 2 atom stereocenters. The molecule has 5 rings (SSSR count). The summed E-state index contributed by atoms with van der Waals surface area (Å²) in [6, 6.07) is 19.0. The number of carbonyl (C=O) groups is 2. The summed E-state index contributed by atoms with van der Waals surface area (Å²) in [6.45, 7) is 2.64. The molecule has 2 aliphatic heterocycles. The van der Waals surface area contributed by atoms with Crippen LogP contribution in [-0.4, -0.2) is 41.0 Å². The topological polar surface area (TPSA) is 89.2 Å². The zero-order valence-electron chi connectivity index (χ0n) is 18.8. The molecule has 0 saturated carbocycles. The zero-order chi connectivity index (χ0) is 23.7. The van der Waals surface area contributed by atoms with Gasteiger partial charge in [-0.2, -0.15) is 0 Å². The number of Topliss-reactive ketones (excluding diaryl/α,β-unsaturated/α-hetero) is 1. The first-order valence-electron chi connectivity index (χ1n) is 11.3. The van der Waals surface area contributed by atoms with Crippen LogP contribution in [0.25, 0.3) is 0 Å². The van der Waals surface area contributed by atoms with E-state index in [9.17, 15) is 14.7 Å². The molecule has 34 heavy (non-hydrogen) atoms. The highest BCUT2D eigenvalue weighted by Gasteiger charge is 2.45. The summed E-state index contributed by atoms with van der Waals surface area (Å²) in [5.41, 5.74) is 0.643. The molecule has 1 amide bonds. The van der Waals surface area contributed by atoms with Crippen molar-refractivity contribution >= 4 is 11.7 Å². The SMILES string of the molecule is Cc1ccc(C(=O)C2=C(O)C(=O)N(C[C@@H]3CCCO3)[C@H]2c2cccc(Oc3ccccc3)c2)o1. The monoisotopic (exact) mass is 459 g/mol. The first kappa shape index (κ1) is 22.0. The smallest absolute Gasteiger partial charge is 0.290 e. The Morgan fingerprint density at radius 1 is 1.09 bits per heavy atom. The number of hydrogen-bond acceptors (Lipinski definition) is 6. The van der Waals surface area contributed by atoms with Gasteiger partial charge in [-0.15, -0.1) is 0 Å². The van der Waals surface area contributed by atoms with Crippen LogP contribution in [-0.2, 0) is 9.53 Å². The summed E-state index contributed by atoms with van der Waals surface area (Å²) < 4.78 is 17.2. The molecular weight excluding hydrogens is 434 g/mol. The lowest BCUT2D eigenvalue weighted by molar-refractivity contribution is -0.131. The Kier molecular flexibility index (Phi) is 5.94. The molecular formula is C27H25NO6. The van der Waals surface area contributed by atoms with Crippen LogP contribution in [0.15, 0.2) is 82.5 Å². The molecule has 1 aromatic heterocycles. The molecule has 1 N–H and O–H groups in total. The maximum Gasteiger partial charge on any atom is 0.290 e. The van der Waals surface area contributed by atoms with E-state index in [4.69, 9.17) is 13.9 Å². The molecule has 0 radical (unpaired) electrons. The van der Waals surface area contributed by atoms with Crippen molar-refractivity contribution in [3.63, 3.8) is 0 Å². The first-order valence-corrected chi connectivity index (χ1v) is 11.3. The number of aliphatic hydroxyl groups excluding tert-OH is 1. The van der Waals surface area contributed by atoms with Gasteiger partial charge in [-0.1, -0.05) is 30.3 Å². The minimum atomic E-state index is -0.797. The van der Waals surface area contributed by atoms with Crippen LogP contribution in [0.5, 0.6) is 11.5 Å².